The number of anilines is 2. The Labute approximate surface area is 200 Å². The summed E-state index contributed by atoms with van der Waals surface area (Å²) in [4.78, 5) is 23.3. The maximum Gasteiger partial charge on any atom is 0.255 e. The maximum atomic E-state index is 13.6. The van der Waals surface area contributed by atoms with Gasteiger partial charge in [-0.05, 0) is 42.6 Å². The number of methoxy groups -OCH3 is 2. The smallest absolute Gasteiger partial charge is 0.255 e. The Balaban J connectivity index is 1.65. The van der Waals surface area contributed by atoms with E-state index in [2.05, 4.69) is 15.6 Å². The van der Waals surface area contributed by atoms with Gasteiger partial charge in [-0.3, -0.25) is 9.78 Å². The van der Waals surface area contributed by atoms with Gasteiger partial charge in [-0.25, -0.2) is 4.68 Å². The molecule has 1 amide bonds. The Morgan fingerprint density at radius 2 is 2.06 bits per heavy atom. The highest BCUT2D eigenvalue weighted by Gasteiger charge is 2.36. The SMILES string of the molecule is COc1ccc([C@@H]2C(C(=O)Nc3cccnc3)=C(C)Nc3nc(-c4cccs4)nn32)c(OC)c1. The Bertz CT molecular complexity index is 1360. The third-order valence-electron chi connectivity index (χ3n) is 5.49. The first-order valence-corrected chi connectivity index (χ1v) is 11.4. The molecule has 0 saturated heterocycles. The van der Waals surface area contributed by atoms with Crippen LogP contribution in [-0.2, 0) is 4.79 Å². The zero-order valence-electron chi connectivity index (χ0n) is 18.8. The summed E-state index contributed by atoms with van der Waals surface area (Å²) in [5, 5.41) is 13.0. The highest BCUT2D eigenvalue weighted by molar-refractivity contribution is 7.13. The molecular formula is C24H22N6O3S. The van der Waals surface area contributed by atoms with Gasteiger partial charge in [-0.15, -0.1) is 16.4 Å². The van der Waals surface area contributed by atoms with Crippen LogP contribution in [0.5, 0.6) is 11.5 Å². The summed E-state index contributed by atoms with van der Waals surface area (Å²) in [5.41, 5.74) is 2.51. The van der Waals surface area contributed by atoms with Crippen LogP contribution in [0.4, 0.5) is 11.6 Å². The van der Waals surface area contributed by atoms with Gasteiger partial charge in [0.15, 0.2) is 5.82 Å². The summed E-state index contributed by atoms with van der Waals surface area (Å²) in [6.45, 7) is 1.85. The second kappa shape index (κ2) is 8.99. The molecule has 1 aliphatic heterocycles. The van der Waals surface area contributed by atoms with Gasteiger partial charge in [0.1, 0.15) is 17.5 Å². The minimum absolute atomic E-state index is 0.278. The number of nitrogens with zero attached hydrogens (tertiary/aromatic N) is 4. The Morgan fingerprint density at radius 3 is 2.76 bits per heavy atom. The number of thiophene rings is 1. The van der Waals surface area contributed by atoms with Crippen LogP contribution in [0.15, 0.2) is 71.5 Å². The quantitative estimate of drug-likeness (QED) is 0.428. The van der Waals surface area contributed by atoms with Gasteiger partial charge < -0.3 is 20.1 Å². The van der Waals surface area contributed by atoms with Crippen molar-refractivity contribution < 1.29 is 14.3 Å². The van der Waals surface area contributed by atoms with E-state index in [1.165, 1.54) is 0 Å². The van der Waals surface area contributed by atoms with Crippen LogP contribution in [-0.4, -0.2) is 39.9 Å². The standard InChI is InChI=1S/C24H22N6O3S/c1-14-20(23(31)27-15-6-4-10-25-13-15)21(17-9-8-16(32-2)12-18(17)33-3)30-24(26-14)28-22(29-30)19-7-5-11-34-19/h4-13,21H,1-3H3,(H,27,31)(H,26,28,29)/t21-/m1/s1. The summed E-state index contributed by atoms with van der Waals surface area (Å²) in [6.07, 6.45) is 3.25. The normalized spacial score (nSPS) is 14.9. The van der Waals surface area contributed by atoms with Crippen molar-refractivity contribution in [2.45, 2.75) is 13.0 Å². The van der Waals surface area contributed by atoms with Crippen LogP contribution >= 0.6 is 11.3 Å². The lowest BCUT2D eigenvalue weighted by Gasteiger charge is -2.29. The molecule has 9 nitrogen and oxygen atoms in total. The van der Waals surface area contributed by atoms with E-state index in [4.69, 9.17) is 19.6 Å². The van der Waals surface area contributed by atoms with Crippen molar-refractivity contribution in [3.05, 3.63) is 77.1 Å². The van der Waals surface area contributed by atoms with Gasteiger partial charge in [0.2, 0.25) is 5.95 Å². The van der Waals surface area contributed by atoms with Crippen LogP contribution in [0.3, 0.4) is 0 Å². The van der Waals surface area contributed by atoms with Crippen LogP contribution in [0, 0.1) is 0 Å². The van der Waals surface area contributed by atoms with E-state index in [1.54, 1.807) is 60.8 Å². The lowest BCUT2D eigenvalue weighted by Crippen LogP contribution is -2.31. The van der Waals surface area contributed by atoms with Gasteiger partial charge in [0, 0.05) is 23.5 Å². The third kappa shape index (κ3) is 3.88. The Morgan fingerprint density at radius 1 is 1.18 bits per heavy atom. The summed E-state index contributed by atoms with van der Waals surface area (Å²) in [6, 6.07) is 12.4. The van der Waals surface area contributed by atoms with Crippen molar-refractivity contribution in [1.82, 2.24) is 19.7 Å². The summed E-state index contributed by atoms with van der Waals surface area (Å²) >= 11 is 1.55. The molecule has 0 saturated carbocycles. The molecule has 0 bridgehead atoms. The van der Waals surface area contributed by atoms with E-state index in [0.29, 0.717) is 40.2 Å². The third-order valence-corrected chi connectivity index (χ3v) is 6.36. The lowest BCUT2D eigenvalue weighted by atomic mass is 9.94. The molecule has 4 aromatic rings. The van der Waals surface area contributed by atoms with Crippen molar-refractivity contribution in [1.29, 1.82) is 0 Å². The number of allylic oxidation sites excluding steroid dienone is 1. The van der Waals surface area contributed by atoms with Gasteiger partial charge in [-0.1, -0.05) is 6.07 Å². The molecule has 0 unspecified atom stereocenters. The van der Waals surface area contributed by atoms with Crippen molar-refractivity contribution in [2.24, 2.45) is 0 Å². The zero-order valence-corrected chi connectivity index (χ0v) is 19.6. The molecule has 172 valence electrons. The molecular weight excluding hydrogens is 452 g/mol. The number of hydrogen-bond acceptors (Lipinski definition) is 8. The summed E-state index contributed by atoms with van der Waals surface area (Å²) in [7, 11) is 3.18. The van der Waals surface area contributed by atoms with E-state index in [-0.39, 0.29) is 5.91 Å². The first-order valence-electron chi connectivity index (χ1n) is 10.5. The number of fused-ring (bicyclic) bond motifs is 1. The molecule has 10 heteroatoms. The Hall–Kier alpha value is -4.18. The number of ether oxygens (including phenoxy) is 2. The molecule has 5 rings (SSSR count). The van der Waals surface area contributed by atoms with Gasteiger partial charge >= 0.3 is 0 Å². The van der Waals surface area contributed by atoms with E-state index < -0.39 is 6.04 Å². The number of amides is 1. The number of benzene rings is 1. The summed E-state index contributed by atoms with van der Waals surface area (Å²) < 4.78 is 12.8. The average molecular weight is 475 g/mol. The van der Waals surface area contributed by atoms with Crippen molar-refractivity contribution in [3.63, 3.8) is 0 Å². The van der Waals surface area contributed by atoms with Crippen LogP contribution in [0.1, 0.15) is 18.5 Å². The van der Waals surface area contributed by atoms with Crippen molar-refractivity contribution in [3.8, 4) is 22.2 Å². The molecule has 2 N–H and O–H groups in total. The van der Waals surface area contributed by atoms with E-state index in [0.717, 1.165) is 10.4 Å². The van der Waals surface area contributed by atoms with Gasteiger partial charge in [-0.2, -0.15) is 4.98 Å². The highest BCUT2D eigenvalue weighted by atomic mass is 32.1. The topological polar surface area (TPSA) is 103 Å². The Kier molecular flexibility index (Phi) is 5.72. The van der Waals surface area contributed by atoms with Crippen LogP contribution in [0.2, 0.25) is 0 Å². The highest BCUT2D eigenvalue weighted by Crippen LogP contribution is 2.41. The number of carbonyl (C=O) groups excluding carboxylic acids is 1. The first kappa shape index (κ1) is 21.7. The van der Waals surface area contributed by atoms with Crippen LogP contribution in [0.25, 0.3) is 10.7 Å². The molecule has 3 aromatic heterocycles. The molecule has 1 atom stereocenters. The number of aromatic nitrogens is 4. The molecule has 1 aliphatic rings. The van der Waals surface area contributed by atoms with Gasteiger partial charge in [0.25, 0.3) is 5.91 Å². The number of pyridine rings is 1. The number of rotatable bonds is 6. The van der Waals surface area contributed by atoms with E-state index >= 15 is 0 Å². The largest absolute Gasteiger partial charge is 0.497 e. The minimum atomic E-state index is -0.588. The number of nitrogens with one attached hydrogen (secondary N) is 2. The molecule has 4 heterocycles. The molecule has 0 fully saturated rings. The average Bonchev–Trinajstić information content (AvgIpc) is 3.53. The van der Waals surface area contributed by atoms with Gasteiger partial charge in [0.05, 0.1) is 36.6 Å². The fraction of sp³-hybridized carbons (Fsp3) is 0.167. The molecule has 34 heavy (non-hydrogen) atoms. The van der Waals surface area contributed by atoms with Crippen molar-refractivity contribution in [2.75, 3.05) is 24.9 Å². The number of carbonyl (C=O) groups is 1. The van der Waals surface area contributed by atoms with E-state index in [9.17, 15) is 4.79 Å². The predicted octanol–water partition coefficient (Wildman–Crippen LogP) is 4.35. The second-order valence-electron chi connectivity index (χ2n) is 7.55. The molecule has 0 spiro atoms. The molecule has 1 aromatic carbocycles. The maximum absolute atomic E-state index is 13.6. The zero-order chi connectivity index (χ0) is 23.7. The first-order chi connectivity index (χ1) is 16.6. The van der Waals surface area contributed by atoms with E-state index in [1.807, 2.05) is 36.6 Å². The predicted molar refractivity (Wildman–Crippen MR) is 130 cm³/mol. The fourth-order valence-corrected chi connectivity index (χ4v) is 4.58. The molecule has 0 radical (unpaired) electrons. The number of hydrogen-bond donors (Lipinski definition) is 2. The summed E-state index contributed by atoms with van der Waals surface area (Å²) in [5.74, 6) is 2.07. The molecule has 0 aliphatic carbocycles. The monoisotopic (exact) mass is 474 g/mol. The van der Waals surface area contributed by atoms with Crippen molar-refractivity contribution >= 4 is 28.9 Å². The lowest BCUT2D eigenvalue weighted by molar-refractivity contribution is -0.113. The fourth-order valence-electron chi connectivity index (χ4n) is 3.92. The minimum Gasteiger partial charge on any atom is -0.497 e. The second-order valence-corrected chi connectivity index (χ2v) is 8.50. The van der Waals surface area contributed by atoms with Crippen LogP contribution < -0.4 is 20.1 Å².